The quantitative estimate of drug-likeness (QED) is 0.349. The molecule has 172 valence electrons. The first-order valence-electron chi connectivity index (χ1n) is 11.4. The number of hydrogen-bond donors (Lipinski definition) is 2. The number of halogens is 1. The van der Waals surface area contributed by atoms with Gasteiger partial charge in [-0.25, -0.2) is 0 Å². The number of nitrogens with zero attached hydrogens (tertiary/aromatic N) is 1. The van der Waals surface area contributed by atoms with Gasteiger partial charge < -0.3 is 15.1 Å². The van der Waals surface area contributed by atoms with Crippen LogP contribution in [0.3, 0.4) is 0 Å². The highest BCUT2D eigenvalue weighted by Gasteiger charge is 2.34. The van der Waals surface area contributed by atoms with Gasteiger partial charge in [0.1, 0.15) is 16.5 Å². The fourth-order valence-electron chi connectivity index (χ4n) is 4.70. The molecule has 2 N–H and O–H groups in total. The largest absolute Gasteiger partial charge is 0.457 e. The third kappa shape index (κ3) is 3.92. The SMILES string of the molecule is Cc1ccc(-c2ccc([C@H]3NC(=O)c4c(sc5c4CCN(Cc4ccccc4)C5)N3)o2)cc1Cl. The molecule has 0 saturated heterocycles. The number of rotatable bonds is 4. The van der Waals surface area contributed by atoms with E-state index in [2.05, 4.69) is 39.8 Å². The summed E-state index contributed by atoms with van der Waals surface area (Å²) in [5.41, 5.74) is 5.23. The van der Waals surface area contributed by atoms with E-state index in [0.29, 0.717) is 10.8 Å². The van der Waals surface area contributed by atoms with E-state index in [4.69, 9.17) is 16.0 Å². The molecule has 5 nitrogen and oxygen atoms in total. The highest BCUT2D eigenvalue weighted by molar-refractivity contribution is 7.16. The Hall–Kier alpha value is -3.06. The van der Waals surface area contributed by atoms with Gasteiger partial charge in [-0.3, -0.25) is 9.69 Å². The van der Waals surface area contributed by atoms with Crippen molar-refractivity contribution in [3.05, 3.63) is 98.6 Å². The molecule has 1 atom stereocenters. The standard InChI is InChI=1S/C27H24ClN3O2S/c1-16-7-8-18(13-20(16)28)21-9-10-22(33-21)25-29-26(32)24-19-11-12-31(14-17-5-3-2-4-6-17)15-23(19)34-27(24)30-25/h2-10,13,25,30H,11-12,14-15H2,1H3,(H,29,32)/t25-/m0/s1. The number of nitrogens with one attached hydrogen (secondary N) is 2. The molecule has 0 spiro atoms. The Morgan fingerprint density at radius 3 is 2.79 bits per heavy atom. The normalized spacial score (nSPS) is 17.6. The number of thiophene rings is 1. The number of furan rings is 1. The van der Waals surface area contributed by atoms with E-state index in [1.807, 2.05) is 43.3 Å². The molecule has 6 rings (SSSR count). The first-order chi connectivity index (χ1) is 16.5. The first-order valence-corrected chi connectivity index (χ1v) is 12.6. The maximum absolute atomic E-state index is 13.1. The predicted octanol–water partition coefficient (Wildman–Crippen LogP) is 6.38. The summed E-state index contributed by atoms with van der Waals surface area (Å²) in [4.78, 5) is 16.8. The molecule has 2 aliphatic rings. The molecule has 0 unspecified atom stereocenters. The zero-order valence-electron chi connectivity index (χ0n) is 18.7. The van der Waals surface area contributed by atoms with Crippen molar-refractivity contribution >= 4 is 33.8 Å². The van der Waals surface area contributed by atoms with Crippen LogP contribution in [0.5, 0.6) is 0 Å². The van der Waals surface area contributed by atoms with Gasteiger partial charge in [-0.2, -0.15) is 0 Å². The molecule has 1 amide bonds. The van der Waals surface area contributed by atoms with Gasteiger partial charge in [-0.15, -0.1) is 11.3 Å². The number of carbonyl (C=O) groups excluding carboxylic acids is 1. The van der Waals surface area contributed by atoms with Crippen LogP contribution in [0.15, 0.2) is 65.1 Å². The zero-order chi connectivity index (χ0) is 23.2. The van der Waals surface area contributed by atoms with Gasteiger partial charge >= 0.3 is 0 Å². The van der Waals surface area contributed by atoms with Crippen molar-refractivity contribution in [1.82, 2.24) is 10.2 Å². The molecule has 0 saturated carbocycles. The van der Waals surface area contributed by atoms with Crippen LogP contribution in [0.4, 0.5) is 5.00 Å². The smallest absolute Gasteiger partial charge is 0.256 e. The van der Waals surface area contributed by atoms with E-state index in [0.717, 1.165) is 53.5 Å². The zero-order valence-corrected chi connectivity index (χ0v) is 20.3. The Morgan fingerprint density at radius 1 is 1.12 bits per heavy atom. The van der Waals surface area contributed by atoms with Gasteiger partial charge in [0, 0.05) is 35.1 Å². The van der Waals surface area contributed by atoms with Gasteiger partial charge in [0.2, 0.25) is 0 Å². The van der Waals surface area contributed by atoms with Crippen LogP contribution in [-0.2, 0) is 19.5 Å². The number of benzene rings is 2. The minimum atomic E-state index is -0.407. The number of fused-ring (bicyclic) bond motifs is 3. The topological polar surface area (TPSA) is 57.5 Å². The van der Waals surface area contributed by atoms with E-state index in [-0.39, 0.29) is 5.91 Å². The number of hydrogen-bond acceptors (Lipinski definition) is 5. The van der Waals surface area contributed by atoms with E-state index < -0.39 is 6.17 Å². The van der Waals surface area contributed by atoms with Crippen LogP contribution >= 0.6 is 22.9 Å². The van der Waals surface area contributed by atoms with Gasteiger partial charge in [-0.05, 0) is 48.2 Å². The molecule has 7 heteroatoms. The molecule has 0 radical (unpaired) electrons. The van der Waals surface area contributed by atoms with Crippen LogP contribution < -0.4 is 10.6 Å². The lowest BCUT2D eigenvalue weighted by Crippen LogP contribution is -2.38. The number of carbonyl (C=O) groups is 1. The summed E-state index contributed by atoms with van der Waals surface area (Å²) in [6, 6.07) is 20.2. The van der Waals surface area contributed by atoms with Gasteiger partial charge in [-0.1, -0.05) is 54.1 Å². The molecule has 0 bridgehead atoms. The van der Waals surface area contributed by atoms with Crippen molar-refractivity contribution in [3.8, 4) is 11.3 Å². The third-order valence-corrected chi connectivity index (χ3v) is 8.09. The summed E-state index contributed by atoms with van der Waals surface area (Å²) in [5.74, 6) is 1.35. The summed E-state index contributed by atoms with van der Waals surface area (Å²) in [6.07, 6.45) is 0.475. The Balaban J connectivity index is 1.22. The molecule has 2 aromatic heterocycles. The molecule has 34 heavy (non-hydrogen) atoms. The highest BCUT2D eigenvalue weighted by atomic mass is 35.5. The molecule has 4 aromatic rings. The van der Waals surface area contributed by atoms with Crippen LogP contribution in [0.25, 0.3) is 11.3 Å². The molecular weight excluding hydrogens is 466 g/mol. The Morgan fingerprint density at radius 2 is 1.97 bits per heavy atom. The summed E-state index contributed by atoms with van der Waals surface area (Å²) in [6.45, 7) is 4.70. The lowest BCUT2D eigenvalue weighted by atomic mass is 10.0. The van der Waals surface area contributed by atoms with Crippen LogP contribution in [0.1, 0.15) is 43.9 Å². The van der Waals surface area contributed by atoms with E-state index in [1.54, 1.807) is 11.3 Å². The average Bonchev–Trinajstić information content (AvgIpc) is 3.46. The highest BCUT2D eigenvalue weighted by Crippen LogP contribution is 2.41. The minimum absolute atomic E-state index is 0.0379. The van der Waals surface area contributed by atoms with Crippen molar-refractivity contribution in [3.63, 3.8) is 0 Å². The maximum Gasteiger partial charge on any atom is 0.256 e. The number of aryl methyl sites for hydroxylation is 1. The second kappa shape index (κ2) is 8.62. The average molecular weight is 490 g/mol. The Labute approximate surface area is 207 Å². The summed E-state index contributed by atoms with van der Waals surface area (Å²) >= 11 is 7.97. The Kier molecular flexibility index (Phi) is 5.44. The molecule has 2 aromatic carbocycles. The first kappa shape index (κ1) is 21.5. The van der Waals surface area contributed by atoms with Gasteiger partial charge in [0.25, 0.3) is 5.91 Å². The van der Waals surface area contributed by atoms with Crippen molar-refractivity contribution in [2.24, 2.45) is 0 Å². The molecule has 0 aliphatic carbocycles. The van der Waals surface area contributed by atoms with Crippen molar-refractivity contribution < 1.29 is 9.21 Å². The molecule has 0 fully saturated rings. The van der Waals surface area contributed by atoms with Gasteiger partial charge in [0.05, 0.1) is 5.56 Å². The van der Waals surface area contributed by atoms with E-state index in [9.17, 15) is 4.79 Å². The summed E-state index contributed by atoms with van der Waals surface area (Å²) < 4.78 is 6.11. The number of amides is 1. The second-order valence-electron chi connectivity index (χ2n) is 8.87. The third-order valence-electron chi connectivity index (χ3n) is 6.53. The van der Waals surface area contributed by atoms with Crippen LogP contribution in [0.2, 0.25) is 5.02 Å². The Bertz CT molecular complexity index is 1380. The molecule has 4 heterocycles. The van der Waals surface area contributed by atoms with Crippen molar-refractivity contribution in [2.45, 2.75) is 32.6 Å². The fourth-order valence-corrected chi connectivity index (χ4v) is 6.19. The fraction of sp³-hybridized carbons (Fsp3) is 0.222. The molecule has 2 aliphatic heterocycles. The van der Waals surface area contributed by atoms with Gasteiger partial charge in [0.15, 0.2) is 6.17 Å². The maximum atomic E-state index is 13.1. The van der Waals surface area contributed by atoms with E-state index in [1.165, 1.54) is 16.0 Å². The van der Waals surface area contributed by atoms with Crippen LogP contribution in [0, 0.1) is 6.92 Å². The second-order valence-corrected chi connectivity index (χ2v) is 10.4. The summed E-state index contributed by atoms with van der Waals surface area (Å²) in [5, 5.41) is 8.21. The molecular formula is C27H24ClN3O2S. The lowest BCUT2D eigenvalue weighted by molar-refractivity contribution is 0.0930. The monoisotopic (exact) mass is 489 g/mol. The van der Waals surface area contributed by atoms with E-state index >= 15 is 0 Å². The van der Waals surface area contributed by atoms with Crippen LogP contribution in [-0.4, -0.2) is 17.4 Å². The number of anilines is 1. The van der Waals surface area contributed by atoms with Crippen molar-refractivity contribution in [1.29, 1.82) is 0 Å². The minimum Gasteiger partial charge on any atom is -0.457 e. The lowest BCUT2D eigenvalue weighted by Gasteiger charge is -2.28. The van der Waals surface area contributed by atoms with Crippen molar-refractivity contribution in [2.75, 3.05) is 11.9 Å². The summed E-state index contributed by atoms with van der Waals surface area (Å²) in [7, 11) is 0. The predicted molar refractivity (Wildman–Crippen MR) is 136 cm³/mol.